The van der Waals surface area contributed by atoms with E-state index in [9.17, 15) is 9.59 Å². The predicted molar refractivity (Wildman–Crippen MR) is 73.1 cm³/mol. The fourth-order valence-electron chi connectivity index (χ4n) is 2.06. The van der Waals surface area contributed by atoms with Crippen molar-refractivity contribution in [1.82, 2.24) is 0 Å². The number of para-hydroxylation sites is 1. The van der Waals surface area contributed by atoms with Crippen molar-refractivity contribution in [2.75, 3.05) is 11.5 Å². The fourth-order valence-corrected chi connectivity index (χ4v) is 2.06. The van der Waals surface area contributed by atoms with Crippen molar-refractivity contribution >= 4 is 17.4 Å². The van der Waals surface area contributed by atoms with Crippen LogP contribution in [0.5, 0.6) is 0 Å². The maximum absolute atomic E-state index is 12.2. The molecule has 0 N–H and O–H groups in total. The van der Waals surface area contributed by atoms with E-state index in [-0.39, 0.29) is 11.7 Å². The van der Waals surface area contributed by atoms with Gasteiger partial charge < -0.3 is 4.74 Å². The van der Waals surface area contributed by atoms with Gasteiger partial charge in [0.05, 0.1) is 12.3 Å². The summed E-state index contributed by atoms with van der Waals surface area (Å²) in [7, 11) is 0. The monoisotopic (exact) mass is 259 g/mol. The quantitative estimate of drug-likeness (QED) is 0.784. The van der Waals surface area contributed by atoms with Crippen molar-refractivity contribution in [2.45, 2.75) is 27.0 Å². The van der Waals surface area contributed by atoms with Gasteiger partial charge in [-0.05, 0) is 26.0 Å². The Labute approximate surface area is 112 Å². The molecule has 0 saturated heterocycles. The zero-order valence-corrected chi connectivity index (χ0v) is 11.3. The molecule has 1 aromatic rings. The number of allylic oxidation sites excluding steroid dienone is 1. The van der Waals surface area contributed by atoms with Gasteiger partial charge in [-0.2, -0.15) is 0 Å². The Balaban J connectivity index is 2.27. The fraction of sp³-hybridized carbons (Fsp3) is 0.333. The Kier molecular flexibility index (Phi) is 3.81. The van der Waals surface area contributed by atoms with Crippen LogP contribution in [-0.2, 0) is 9.53 Å². The molecule has 0 saturated carbocycles. The molecule has 0 bridgehead atoms. The third-order valence-electron chi connectivity index (χ3n) is 2.97. The van der Waals surface area contributed by atoms with E-state index in [1.54, 1.807) is 24.3 Å². The third-order valence-corrected chi connectivity index (χ3v) is 2.97. The third kappa shape index (κ3) is 2.58. The lowest BCUT2D eigenvalue weighted by Crippen LogP contribution is -2.40. The molecule has 19 heavy (non-hydrogen) atoms. The molecular weight excluding hydrogens is 242 g/mol. The molecule has 0 radical (unpaired) electrons. The van der Waals surface area contributed by atoms with E-state index >= 15 is 0 Å². The van der Waals surface area contributed by atoms with E-state index in [0.29, 0.717) is 17.9 Å². The van der Waals surface area contributed by atoms with E-state index in [1.165, 1.54) is 11.8 Å². The van der Waals surface area contributed by atoms with Crippen molar-refractivity contribution in [3.8, 4) is 0 Å². The minimum atomic E-state index is -0.842. The number of carbonyl (C=O) groups excluding carboxylic acids is 2. The lowest BCUT2D eigenvalue weighted by atomic mass is 10.1. The summed E-state index contributed by atoms with van der Waals surface area (Å²) in [6.45, 7) is 5.66. The molecule has 1 aliphatic rings. The smallest absolute Gasteiger partial charge is 0.226 e. The summed E-state index contributed by atoms with van der Waals surface area (Å²) >= 11 is 0. The van der Waals surface area contributed by atoms with Crippen molar-refractivity contribution in [1.29, 1.82) is 0 Å². The summed E-state index contributed by atoms with van der Waals surface area (Å²) in [6, 6.07) is 7.07. The number of hydrogen-bond donors (Lipinski definition) is 0. The highest BCUT2D eigenvalue weighted by atomic mass is 16.5. The number of anilines is 1. The molecule has 0 aromatic heterocycles. The first-order valence-corrected chi connectivity index (χ1v) is 6.20. The van der Waals surface area contributed by atoms with Gasteiger partial charge in [0.2, 0.25) is 17.9 Å². The van der Waals surface area contributed by atoms with Gasteiger partial charge in [-0.1, -0.05) is 23.8 Å². The SMILES string of the molecule is CC(=O)N1c2ccccc2C(=O)C1OCC=C(C)C. The highest BCUT2D eigenvalue weighted by Crippen LogP contribution is 2.32. The Morgan fingerprint density at radius 1 is 1.32 bits per heavy atom. The Morgan fingerprint density at radius 2 is 2.00 bits per heavy atom. The van der Waals surface area contributed by atoms with Gasteiger partial charge in [-0.25, -0.2) is 0 Å². The minimum absolute atomic E-state index is 0.159. The molecule has 0 fully saturated rings. The molecular formula is C15H17NO3. The molecule has 1 atom stereocenters. The lowest BCUT2D eigenvalue weighted by molar-refractivity contribution is -0.118. The highest BCUT2D eigenvalue weighted by Gasteiger charge is 2.39. The van der Waals surface area contributed by atoms with E-state index in [0.717, 1.165) is 5.57 Å². The predicted octanol–water partition coefficient (Wildman–Crippen LogP) is 2.54. The van der Waals surface area contributed by atoms with Crippen molar-refractivity contribution < 1.29 is 14.3 Å². The number of carbonyl (C=O) groups is 2. The molecule has 4 heteroatoms. The van der Waals surface area contributed by atoms with E-state index < -0.39 is 6.23 Å². The molecule has 1 aliphatic heterocycles. The summed E-state index contributed by atoms with van der Waals surface area (Å²) in [4.78, 5) is 25.4. The summed E-state index contributed by atoms with van der Waals surface area (Å²) < 4.78 is 5.56. The number of amides is 1. The molecule has 1 amide bonds. The van der Waals surface area contributed by atoms with Crippen LogP contribution in [-0.4, -0.2) is 24.5 Å². The molecule has 0 spiro atoms. The number of fused-ring (bicyclic) bond motifs is 1. The van der Waals surface area contributed by atoms with Crippen LogP contribution in [0, 0.1) is 0 Å². The summed E-state index contributed by atoms with van der Waals surface area (Å²) in [5.74, 6) is -0.353. The molecule has 0 aliphatic carbocycles. The minimum Gasteiger partial charge on any atom is -0.346 e. The van der Waals surface area contributed by atoms with Gasteiger partial charge in [-0.3, -0.25) is 14.5 Å². The van der Waals surface area contributed by atoms with Crippen molar-refractivity contribution in [2.24, 2.45) is 0 Å². The van der Waals surface area contributed by atoms with Crippen LogP contribution in [0.3, 0.4) is 0 Å². The summed E-state index contributed by atoms with van der Waals surface area (Å²) in [5.41, 5.74) is 2.28. The van der Waals surface area contributed by atoms with E-state index in [4.69, 9.17) is 4.74 Å². The van der Waals surface area contributed by atoms with Crippen LogP contribution in [0.25, 0.3) is 0 Å². The number of benzene rings is 1. The van der Waals surface area contributed by atoms with Crippen LogP contribution in [0.1, 0.15) is 31.1 Å². The maximum Gasteiger partial charge on any atom is 0.226 e. The Morgan fingerprint density at radius 3 is 2.63 bits per heavy atom. The van der Waals surface area contributed by atoms with Crippen LogP contribution < -0.4 is 4.90 Å². The molecule has 1 unspecified atom stereocenters. The van der Waals surface area contributed by atoms with Gasteiger partial charge in [0, 0.05) is 12.5 Å². The maximum atomic E-state index is 12.2. The van der Waals surface area contributed by atoms with Crippen molar-refractivity contribution in [3.05, 3.63) is 41.5 Å². The Hall–Kier alpha value is -1.94. The second-order valence-electron chi connectivity index (χ2n) is 4.74. The van der Waals surface area contributed by atoms with Gasteiger partial charge >= 0.3 is 0 Å². The van der Waals surface area contributed by atoms with Crippen LogP contribution in [0.15, 0.2) is 35.9 Å². The summed E-state index contributed by atoms with van der Waals surface area (Å²) in [6.07, 6.45) is 1.04. The molecule has 1 aromatic carbocycles. The first-order valence-electron chi connectivity index (χ1n) is 6.20. The van der Waals surface area contributed by atoms with Gasteiger partial charge in [0.15, 0.2) is 0 Å². The highest BCUT2D eigenvalue weighted by molar-refractivity contribution is 6.16. The van der Waals surface area contributed by atoms with Gasteiger partial charge in [-0.15, -0.1) is 0 Å². The van der Waals surface area contributed by atoms with Crippen LogP contribution >= 0.6 is 0 Å². The standard InChI is InChI=1S/C15H17NO3/c1-10(2)8-9-19-15-14(18)12-6-4-5-7-13(12)16(15)11(3)17/h4-8,15H,9H2,1-3H3. The number of rotatable bonds is 3. The second kappa shape index (κ2) is 5.36. The number of Topliss-reactive ketones (excluding diaryl/α,β-unsaturated/α-hetero) is 1. The van der Waals surface area contributed by atoms with Crippen molar-refractivity contribution in [3.63, 3.8) is 0 Å². The van der Waals surface area contributed by atoms with E-state index in [1.807, 2.05) is 19.9 Å². The molecule has 2 rings (SSSR count). The number of ether oxygens (including phenoxy) is 1. The number of nitrogens with zero attached hydrogens (tertiary/aromatic N) is 1. The average molecular weight is 259 g/mol. The topological polar surface area (TPSA) is 46.6 Å². The number of ketones is 1. The largest absolute Gasteiger partial charge is 0.346 e. The normalized spacial score (nSPS) is 17.3. The molecule has 4 nitrogen and oxygen atoms in total. The average Bonchev–Trinajstić information content (AvgIpc) is 2.63. The summed E-state index contributed by atoms with van der Waals surface area (Å²) in [5, 5.41) is 0. The zero-order chi connectivity index (χ0) is 14.0. The Bertz CT molecular complexity index is 544. The molecule has 1 heterocycles. The van der Waals surface area contributed by atoms with Crippen LogP contribution in [0.2, 0.25) is 0 Å². The second-order valence-corrected chi connectivity index (χ2v) is 4.74. The molecule has 100 valence electrons. The zero-order valence-electron chi connectivity index (χ0n) is 11.3. The van der Waals surface area contributed by atoms with Crippen LogP contribution in [0.4, 0.5) is 5.69 Å². The number of hydrogen-bond acceptors (Lipinski definition) is 3. The van der Waals surface area contributed by atoms with Gasteiger partial charge in [0.25, 0.3) is 0 Å². The first kappa shape index (κ1) is 13.5. The lowest BCUT2D eigenvalue weighted by Gasteiger charge is -2.22. The first-order chi connectivity index (χ1) is 9.02. The van der Waals surface area contributed by atoms with E-state index in [2.05, 4.69) is 0 Å². The van der Waals surface area contributed by atoms with Gasteiger partial charge in [0.1, 0.15) is 0 Å².